The van der Waals surface area contributed by atoms with E-state index in [1.807, 2.05) is 31.2 Å². The molecule has 182 valence electrons. The SMILES string of the molecule is CNC(=O)N1N=C(c2ccc(C(=O)Nc3cnn(C)c3)cc2)c2cc(OC)c(OC)cc2C[C@H]1C. The Morgan fingerprint density at radius 3 is 2.37 bits per heavy atom. The number of urea groups is 1. The fourth-order valence-corrected chi connectivity index (χ4v) is 4.02. The molecule has 4 rings (SSSR count). The standard InChI is InChI=1S/C25H28N6O4/c1-15-10-18-11-21(34-4)22(35-5)12-20(18)23(29-31(15)25(33)26-2)16-6-8-17(9-7-16)24(32)28-19-13-27-30(3)14-19/h6-9,11-15H,10H2,1-5H3,(H,26,33)(H,28,32)/t15-/m1/s1. The van der Waals surface area contributed by atoms with E-state index in [9.17, 15) is 9.59 Å². The lowest BCUT2D eigenvalue weighted by Gasteiger charge is -2.22. The van der Waals surface area contributed by atoms with Gasteiger partial charge in [-0.15, -0.1) is 0 Å². The molecule has 1 aliphatic heterocycles. The van der Waals surface area contributed by atoms with Gasteiger partial charge in [0.2, 0.25) is 0 Å². The predicted molar refractivity (Wildman–Crippen MR) is 132 cm³/mol. The summed E-state index contributed by atoms with van der Waals surface area (Å²) in [6.07, 6.45) is 3.88. The highest BCUT2D eigenvalue weighted by atomic mass is 16.5. The van der Waals surface area contributed by atoms with Crippen molar-refractivity contribution in [3.63, 3.8) is 0 Å². The normalized spacial score (nSPS) is 14.9. The summed E-state index contributed by atoms with van der Waals surface area (Å²) in [5.74, 6) is 0.917. The molecular weight excluding hydrogens is 448 g/mol. The number of carbonyl (C=O) groups excluding carboxylic acids is 2. The molecule has 0 aliphatic carbocycles. The lowest BCUT2D eigenvalue weighted by Crippen LogP contribution is -2.41. The number of nitrogens with zero attached hydrogens (tertiary/aromatic N) is 4. The van der Waals surface area contributed by atoms with E-state index in [1.165, 1.54) is 5.01 Å². The first-order valence-electron chi connectivity index (χ1n) is 11.1. The van der Waals surface area contributed by atoms with Crippen molar-refractivity contribution in [1.29, 1.82) is 0 Å². The van der Waals surface area contributed by atoms with Crippen molar-refractivity contribution in [1.82, 2.24) is 20.1 Å². The van der Waals surface area contributed by atoms with Gasteiger partial charge in [0.25, 0.3) is 5.91 Å². The molecule has 0 radical (unpaired) electrons. The van der Waals surface area contributed by atoms with Gasteiger partial charge in [0, 0.05) is 37.0 Å². The summed E-state index contributed by atoms with van der Waals surface area (Å²) in [7, 11) is 6.52. The van der Waals surface area contributed by atoms with E-state index in [2.05, 4.69) is 15.7 Å². The van der Waals surface area contributed by atoms with E-state index in [1.54, 1.807) is 57.5 Å². The van der Waals surface area contributed by atoms with Crippen LogP contribution >= 0.6 is 0 Å². The van der Waals surface area contributed by atoms with Crippen LogP contribution in [0.1, 0.15) is 34.0 Å². The van der Waals surface area contributed by atoms with Crippen LogP contribution in [0.5, 0.6) is 11.5 Å². The molecule has 3 aromatic rings. The Morgan fingerprint density at radius 2 is 1.77 bits per heavy atom. The molecule has 1 aliphatic rings. The van der Waals surface area contributed by atoms with E-state index in [4.69, 9.17) is 14.6 Å². The van der Waals surface area contributed by atoms with Gasteiger partial charge in [-0.2, -0.15) is 10.2 Å². The fourth-order valence-electron chi connectivity index (χ4n) is 4.02. The third kappa shape index (κ3) is 4.81. The third-order valence-corrected chi connectivity index (χ3v) is 5.81. The molecule has 0 fully saturated rings. The molecule has 1 aromatic heterocycles. The number of hydrogen-bond acceptors (Lipinski definition) is 6. The zero-order valence-corrected chi connectivity index (χ0v) is 20.3. The number of aryl methyl sites for hydroxylation is 1. The second-order valence-corrected chi connectivity index (χ2v) is 8.20. The number of carbonyl (C=O) groups is 2. The number of anilines is 1. The van der Waals surface area contributed by atoms with Gasteiger partial charge in [0.1, 0.15) is 0 Å². The number of fused-ring (bicyclic) bond motifs is 1. The smallest absolute Gasteiger partial charge is 0.337 e. The monoisotopic (exact) mass is 476 g/mol. The Bertz CT molecular complexity index is 1280. The Balaban J connectivity index is 1.75. The number of hydrazone groups is 1. The largest absolute Gasteiger partial charge is 0.493 e. The molecule has 10 heteroatoms. The number of nitrogens with one attached hydrogen (secondary N) is 2. The minimum atomic E-state index is -0.311. The van der Waals surface area contributed by atoms with Gasteiger partial charge in [-0.3, -0.25) is 9.48 Å². The Kier molecular flexibility index (Phi) is 6.72. The molecule has 1 atom stereocenters. The number of amides is 3. The molecule has 0 unspecified atom stereocenters. The quantitative estimate of drug-likeness (QED) is 0.588. The van der Waals surface area contributed by atoms with Crippen LogP contribution in [0.2, 0.25) is 0 Å². The van der Waals surface area contributed by atoms with Crippen molar-refractivity contribution >= 4 is 23.3 Å². The Morgan fingerprint density at radius 1 is 1.09 bits per heavy atom. The maximum absolute atomic E-state index is 12.7. The van der Waals surface area contributed by atoms with Crippen molar-refractivity contribution < 1.29 is 19.1 Å². The van der Waals surface area contributed by atoms with E-state index in [-0.39, 0.29) is 18.0 Å². The summed E-state index contributed by atoms with van der Waals surface area (Å²) in [4.78, 5) is 25.3. The number of ether oxygens (including phenoxy) is 2. The molecular formula is C25H28N6O4. The Hall–Kier alpha value is -4.34. The first-order valence-corrected chi connectivity index (χ1v) is 11.1. The van der Waals surface area contributed by atoms with Crippen molar-refractivity contribution in [3.05, 3.63) is 71.0 Å². The molecule has 2 aromatic carbocycles. The van der Waals surface area contributed by atoms with Gasteiger partial charge in [0.05, 0.1) is 37.9 Å². The van der Waals surface area contributed by atoms with Crippen molar-refractivity contribution in [2.24, 2.45) is 12.1 Å². The van der Waals surface area contributed by atoms with Crippen LogP contribution < -0.4 is 20.1 Å². The summed E-state index contributed by atoms with van der Waals surface area (Å²) in [5.41, 5.74) is 4.23. The predicted octanol–water partition coefficient (Wildman–Crippen LogP) is 3.03. The third-order valence-electron chi connectivity index (χ3n) is 5.81. The number of rotatable bonds is 5. The van der Waals surface area contributed by atoms with Crippen molar-refractivity contribution in [2.75, 3.05) is 26.6 Å². The van der Waals surface area contributed by atoms with Gasteiger partial charge >= 0.3 is 6.03 Å². The number of methoxy groups -OCH3 is 2. The second-order valence-electron chi connectivity index (χ2n) is 8.20. The van der Waals surface area contributed by atoms with E-state index < -0.39 is 0 Å². The number of benzene rings is 2. The highest BCUT2D eigenvalue weighted by molar-refractivity contribution is 6.15. The summed E-state index contributed by atoms with van der Waals surface area (Å²) in [5, 5.41) is 15.7. The van der Waals surface area contributed by atoms with Crippen LogP contribution in [0.15, 0.2) is 53.9 Å². The van der Waals surface area contributed by atoms with Crippen LogP contribution in [-0.4, -0.2) is 59.7 Å². The zero-order valence-electron chi connectivity index (χ0n) is 20.3. The summed E-state index contributed by atoms with van der Waals surface area (Å²) in [6, 6.07) is 10.4. The van der Waals surface area contributed by atoms with E-state index >= 15 is 0 Å². The van der Waals surface area contributed by atoms with Crippen LogP contribution in [0.3, 0.4) is 0 Å². The second kappa shape index (κ2) is 9.88. The fraction of sp³-hybridized carbons (Fsp3) is 0.280. The van der Waals surface area contributed by atoms with Gasteiger partial charge in [-0.1, -0.05) is 12.1 Å². The van der Waals surface area contributed by atoms with E-state index in [0.29, 0.717) is 34.9 Å². The molecule has 0 saturated carbocycles. The lowest BCUT2D eigenvalue weighted by molar-refractivity contribution is 0.102. The van der Waals surface area contributed by atoms with E-state index in [0.717, 1.165) is 16.7 Å². The highest BCUT2D eigenvalue weighted by Crippen LogP contribution is 2.34. The minimum Gasteiger partial charge on any atom is -0.493 e. The molecule has 0 bridgehead atoms. The topological polar surface area (TPSA) is 110 Å². The summed E-state index contributed by atoms with van der Waals surface area (Å²) >= 11 is 0. The number of hydrogen-bond donors (Lipinski definition) is 2. The maximum Gasteiger partial charge on any atom is 0.337 e. The molecule has 35 heavy (non-hydrogen) atoms. The molecule has 3 amide bonds. The van der Waals surface area contributed by atoms with Gasteiger partial charge < -0.3 is 20.1 Å². The Labute approximate surface area is 203 Å². The zero-order chi connectivity index (χ0) is 25.1. The molecule has 0 spiro atoms. The highest BCUT2D eigenvalue weighted by Gasteiger charge is 2.28. The first-order chi connectivity index (χ1) is 16.8. The van der Waals surface area contributed by atoms with Gasteiger partial charge in [-0.05, 0) is 43.2 Å². The average Bonchev–Trinajstić information content (AvgIpc) is 3.21. The molecule has 0 saturated heterocycles. The van der Waals surface area contributed by atoms with Crippen molar-refractivity contribution in [3.8, 4) is 11.5 Å². The van der Waals surface area contributed by atoms with Crippen molar-refractivity contribution in [2.45, 2.75) is 19.4 Å². The van der Waals surface area contributed by atoms with Crippen LogP contribution in [0.4, 0.5) is 10.5 Å². The van der Waals surface area contributed by atoms with Gasteiger partial charge in [-0.25, -0.2) is 9.80 Å². The van der Waals surface area contributed by atoms with Gasteiger partial charge in [0.15, 0.2) is 11.5 Å². The molecule has 2 heterocycles. The lowest BCUT2D eigenvalue weighted by atomic mass is 9.93. The molecule has 2 N–H and O–H groups in total. The minimum absolute atomic E-state index is 0.200. The average molecular weight is 477 g/mol. The molecule has 10 nitrogen and oxygen atoms in total. The van der Waals surface area contributed by atoms with Crippen LogP contribution in [-0.2, 0) is 13.5 Å². The summed E-state index contributed by atoms with van der Waals surface area (Å²) in [6.45, 7) is 1.94. The van der Waals surface area contributed by atoms with Crippen LogP contribution in [0, 0.1) is 0 Å². The summed E-state index contributed by atoms with van der Waals surface area (Å²) < 4.78 is 12.6. The first kappa shape index (κ1) is 23.8. The number of aromatic nitrogens is 2. The van der Waals surface area contributed by atoms with Crippen LogP contribution in [0.25, 0.3) is 0 Å². The maximum atomic E-state index is 12.7.